The van der Waals surface area contributed by atoms with E-state index in [0.29, 0.717) is 33.4 Å². The number of hydrazone groups is 1. The van der Waals surface area contributed by atoms with Gasteiger partial charge in [0.05, 0.1) is 4.90 Å². The number of sulfonamides is 1. The molecule has 2 aliphatic heterocycles. The van der Waals surface area contributed by atoms with Crippen LogP contribution in [-0.4, -0.2) is 37.8 Å². The summed E-state index contributed by atoms with van der Waals surface area (Å²) in [5, 5.41) is 7.46. The molecule has 8 nitrogen and oxygen atoms in total. The number of amides is 1. The molecule has 0 saturated carbocycles. The van der Waals surface area contributed by atoms with Gasteiger partial charge in [-0.1, -0.05) is 48.0 Å². The quantitative estimate of drug-likeness (QED) is 0.601. The molecule has 0 unspecified atom stereocenters. The summed E-state index contributed by atoms with van der Waals surface area (Å²) in [4.78, 5) is 12.7. The fourth-order valence-corrected chi connectivity index (χ4v) is 5.15. The Hall–Kier alpha value is -3.56. The summed E-state index contributed by atoms with van der Waals surface area (Å²) in [6.07, 6.45) is 0. The molecule has 1 amide bonds. The number of nitrogens with zero attached hydrogens (tertiary/aromatic N) is 2. The Morgan fingerprint density at radius 2 is 1.82 bits per heavy atom. The number of halogens is 1. The molecule has 0 saturated heterocycles. The predicted molar refractivity (Wildman–Crippen MR) is 122 cm³/mol. The number of carbonyl (C=O) groups excluding carboxylic acids is 1. The standard InChI is InChI=1S/C23H18ClN3O5S/c24-17-7-9-21-18(11-17)23(16-4-2-1-3-5-16)26-27(33(21,29)30)13-22(28)25-12-15-6-8-19-20(10-15)32-14-31-19/h1-11H,12-14H2,(H,25,28). The molecule has 2 heterocycles. The van der Waals surface area contributed by atoms with E-state index in [9.17, 15) is 13.2 Å². The number of benzene rings is 3. The molecular formula is C23H18ClN3O5S. The first-order chi connectivity index (χ1) is 15.9. The predicted octanol–water partition coefficient (Wildman–Crippen LogP) is 3.14. The number of hydrogen-bond donors (Lipinski definition) is 1. The van der Waals surface area contributed by atoms with Gasteiger partial charge in [-0.25, -0.2) is 0 Å². The number of ether oxygens (including phenoxy) is 2. The van der Waals surface area contributed by atoms with Crippen LogP contribution >= 0.6 is 11.6 Å². The van der Waals surface area contributed by atoms with Crippen molar-refractivity contribution in [3.05, 3.63) is 88.4 Å². The topological polar surface area (TPSA) is 97.3 Å². The summed E-state index contributed by atoms with van der Waals surface area (Å²) in [6, 6.07) is 19.0. The molecule has 168 valence electrons. The van der Waals surface area contributed by atoms with E-state index in [2.05, 4.69) is 10.4 Å². The Bertz CT molecular complexity index is 1380. The van der Waals surface area contributed by atoms with Crippen LogP contribution in [0.3, 0.4) is 0 Å². The maximum atomic E-state index is 13.2. The largest absolute Gasteiger partial charge is 0.454 e. The van der Waals surface area contributed by atoms with Gasteiger partial charge in [0.2, 0.25) is 12.7 Å². The van der Waals surface area contributed by atoms with Gasteiger partial charge in [0.15, 0.2) is 11.5 Å². The van der Waals surface area contributed by atoms with E-state index < -0.39 is 22.5 Å². The minimum absolute atomic E-state index is 0.0457. The van der Waals surface area contributed by atoms with E-state index in [0.717, 1.165) is 9.98 Å². The van der Waals surface area contributed by atoms with Gasteiger partial charge >= 0.3 is 0 Å². The number of rotatable bonds is 5. The van der Waals surface area contributed by atoms with E-state index in [-0.39, 0.29) is 18.2 Å². The molecule has 0 bridgehead atoms. The van der Waals surface area contributed by atoms with Gasteiger partial charge in [-0.2, -0.15) is 17.9 Å². The first kappa shape index (κ1) is 21.3. The van der Waals surface area contributed by atoms with Crippen molar-refractivity contribution in [1.82, 2.24) is 9.73 Å². The fourth-order valence-electron chi connectivity index (χ4n) is 3.60. The van der Waals surface area contributed by atoms with E-state index >= 15 is 0 Å². The molecule has 3 aromatic rings. The lowest BCUT2D eigenvalue weighted by Gasteiger charge is -2.27. The Morgan fingerprint density at radius 3 is 2.64 bits per heavy atom. The van der Waals surface area contributed by atoms with Crippen molar-refractivity contribution in [1.29, 1.82) is 0 Å². The second-order valence-corrected chi connectivity index (χ2v) is 9.65. The van der Waals surface area contributed by atoms with Crippen LogP contribution in [0.1, 0.15) is 16.7 Å². The molecule has 2 aliphatic rings. The Balaban J connectivity index is 1.40. The monoisotopic (exact) mass is 483 g/mol. The van der Waals surface area contributed by atoms with E-state index in [1.165, 1.54) is 12.1 Å². The lowest BCUT2D eigenvalue weighted by molar-refractivity contribution is -0.121. The zero-order valence-electron chi connectivity index (χ0n) is 17.2. The third-order valence-electron chi connectivity index (χ3n) is 5.22. The molecule has 0 fully saturated rings. The van der Waals surface area contributed by atoms with Gasteiger partial charge in [0.1, 0.15) is 12.3 Å². The van der Waals surface area contributed by atoms with Crippen molar-refractivity contribution in [3.63, 3.8) is 0 Å². The van der Waals surface area contributed by atoms with Crippen LogP contribution in [0.5, 0.6) is 11.5 Å². The fraction of sp³-hybridized carbons (Fsp3) is 0.130. The molecule has 0 aromatic heterocycles. The summed E-state index contributed by atoms with van der Waals surface area (Å²) < 4.78 is 37.8. The number of fused-ring (bicyclic) bond motifs is 2. The van der Waals surface area contributed by atoms with Gasteiger partial charge in [0.25, 0.3) is 10.0 Å². The molecule has 5 rings (SSSR count). The SMILES string of the molecule is O=C(CN1N=C(c2ccccc2)c2cc(Cl)ccc2S1(=O)=O)NCc1ccc2c(c1)OCO2. The van der Waals surface area contributed by atoms with E-state index in [4.69, 9.17) is 21.1 Å². The summed E-state index contributed by atoms with van der Waals surface area (Å²) in [5.41, 5.74) is 2.32. The highest BCUT2D eigenvalue weighted by molar-refractivity contribution is 7.89. The minimum atomic E-state index is -4.04. The van der Waals surface area contributed by atoms with Gasteiger partial charge < -0.3 is 14.8 Å². The van der Waals surface area contributed by atoms with Crippen molar-refractivity contribution in [2.24, 2.45) is 5.10 Å². The number of nitrogens with one attached hydrogen (secondary N) is 1. The van der Waals surface area contributed by atoms with Crippen LogP contribution in [0, 0.1) is 0 Å². The van der Waals surface area contributed by atoms with E-state index in [1.54, 1.807) is 24.3 Å². The smallest absolute Gasteiger partial charge is 0.280 e. The lowest BCUT2D eigenvalue weighted by Crippen LogP contribution is -2.40. The Morgan fingerprint density at radius 1 is 1.03 bits per heavy atom. The summed E-state index contributed by atoms with van der Waals surface area (Å²) in [5.74, 6) is 0.753. The van der Waals surface area contributed by atoms with Crippen molar-refractivity contribution in [2.45, 2.75) is 11.4 Å². The molecule has 0 spiro atoms. The zero-order chi connectivity index (χ0) is 23.0. The maximum Gasteiger partial charge on any atom is 0.280 e. The third kappa shape index (κ3) is 4.12. The van der Waals surface area contributed by atoms with Crippen LogP contribution in [0.4, 0.5) is 0 Å². The van der Waals surface area contributed by atoms with Crippen LogP contribution in [0.25, 0.3) is 0 Å². The maximum absolute atomic E-state index is 13.2. The first-order valence-corrected chi connectivity index (χ1v) is 11.9. The molecule has 33 heavy (non-hydrogen) atoms. The van der Waals surface area contributed by atoms with Crippen LogP contribution in [-0.2, 0) is 21.4 Å². The van der Waals surface area contributed by atoms with Crippen molar-refractivity contribution < 1.29 is 22.7 Å². The zero-order valence-corrected chi connectivity index (χ0v) is 18.8. The highest BCUT2D eigenvalue weighted by Gasteiger charge is 2.34. The second kappa shape index (κ2) is 8.42. The van der Waals surface area contributed by atoms with Crippen molar-refractivity contribution in [3.8, 4) is 11.5 Å². The number of carbonyl (C=O) groups is 1. The average molecular weight is 484 g/mol. The summed E-state index contributed by atoms with van der Waals surface area (Å²) in [7, 11) is -4.04. The Kier molecular flexibility index (Phi) is 5.43. The molecule has 0 atom stereocenters. The molecular weight excluding hydrogens is 466 g/mol. The summed E-state index contributed by atoms with van der Waals surface area (Å²) >= 11 is 6.13. The summed E-state index contributed by atoms with van der Waals surface area (Å²) in [6.45, 7) is -0.109. The van der Waals surface area contributed by atoms with Crippen LogP contribution in [0.15, 0.2) is 76.7 Å². The average Bonchev–Trinajstić information content (AvgIpc) is 3.28. The van der Waals surface area contributed by atoms with E-state index in [1.807, 2.05) is 30.3 Å². The minimum Gasteiger partial charge on any atom is -0.454 e. The van der Waals surface area contributed by atoms with Gasteiger partial charge in [-0.05, 0) is 35.9 Å². The van der Waals surface area contributed by atoms with Crippen LogP contribution < -0.4 is 14.8 Å². The second-order valence-electron chi connectivity index (χ2n) is 7.40. The molecule has 3 aromatic carbocycles. The highest BCUT2D eigenvalue weighted by atomic mass is 35.5. The number of hydrogen-bond acceptors (Lipinski definition) is 6. The van der Waals surface area contributed by atoms with Crippen molar-refractivity contribution in [2.75, 3.05) is 13.3 Å². The van der Waals surface area contributed by atoms with Gasteiger partial charge in [0, 0.05) is 22.7 Å². The molecule has 10 heteroatoms. The molecule has 0 aliphatic carbocycles. The first-order valence-electron chi connectivity index (χ1n) is 10.0. The van der Waals surface area contributed by atoms with Crippen LogP contribution in [0.2, 0.25) is 5.02 Å². The normalized spacial score (nSPS) is 15.5. The molecule has 1 N–H and O–H groups in total. The Labute approximate surface area is 195 Å². The van der Waals surface area contributed by atoms with Gasteiger partial charge in [-0.15, -0.1) is 0 Å². The highest BCUT2D eigenvalue weighted by Crippen LogP contribution is 2.33. The molecule has 0 radical (unpaired) electrons. The third-order valence-corrected chi connectivity index (χ3v) is 7.13. The van der Waals surface area contributed by atoms with Gasteiger partial charge in [-0.3, -0.25) is 4.79 Å². The van der Waals surface area contributed by atoms with Crippen molar-refractivity contribution >= 4 is 33.2 Å². The lowest BCUT2D eigenvalue weighted by atomic mass is 10.0.